The van der Waals surface area contributed by atoms with Gasteiger partial charge in [0.05, 0.1) is 60.1 Å². The summed E-state index contributed by atoms with van der Waals surface area (Å²) in [5.41, 5.74) is 7.19. The Hall–Kier alpha value is -4.73. The van der Waals surface area contributed by atoms with E-state index in [9.17, 15) is 5.11 Å². The van der Waals surface area contributed by atoms with Crippen molar-refractivity contribution in [2.24, 2.45) is 0 Å². The molecule has 0 saturated carbocycles. The number of anilines is 1. The number of fused-ring (bicyclic) bond motifs is 2. The minimum atomic E-state index is -0.890. The molecule has 9 heteroatoms. The Morgan fingerprint density at radius 1 is 1.09 bits per heavy atom. The van der Waals surface area contributed by atoms with Crippen molar-refractivity contribution in [3.05, 3.63) is 108 Å². The lowest BCUT2D eigenvalue weighted by atomic mass is 9.94. The minimum absolute atomic E-state index is 0.00194. The van der Waals surface area contributed by atoms with Crippen molar-refractivity contribution in [3.8, 4) is 11.4 Å². The highest BCUT2D eigenvalue weighted by atomic mass is 16.5. The number of rotatable bonds is 6. The van der Waals surface area contributed by atoms with Gasteiger partial charge in [0.2, 0.25) is 0 Å². The number of aromatic amines is 1. The summed E-state index contributed by atoms with van der Waals surface area (Å²) in [6, 6.07) is 19.0. The van der Waals surface area contributed by atoms with Crippen LogP contribution in [-0.4, -0.2) is 67.1 Å². The second-order valence-corrected chi connectivity index (χ2v) is 11.9. The van der Waals surface area contributed by atoms with Crippen LogP contribution in [0.25, 0.3) is 33.6 Å². The number of H-pyrrole nitrogens is 1. The molecule has 3 aromatic heterocycles. The van der Waals surface area contributed by atoms with Gasteiger partial charge < -0.3 is 24.6 Å². The van der Waals surface area contributed by atoms with E-state index in [1.807, 2.05) is 25.5 Å². The van der Waals surface area contributed by atoms with Crippen molar-refractivity contribution in [3.63, 3.8) is 0 Å². The van der Waals surface area contributed by atoms with Crippen molar-refractivity contribution < 1.29 is 9.84 Å². The fraction of sp³-hybridized carbons (Fsp3) is 0.265. The predicted molar refractivity (Wildman–Crippen MR) is 169 cm³/mol. The Kier molecular flexibility index (Phi) is 6.64. The molecule has 7 rings (SSSR count). The third-order valence-corrected chi connectivity index (χ3v) is 8.09. The number of hydrogen-bond donors (Lipinski definition) is 2. The van der Waals surface area contributed by atoms with Gasteiger partial charge in [0.25, 0.3) is 0 Å². The van der Waals surface area contributed by atoms with E-state index < -0.39 is 5.60 Å². The molecule has 0 spiro atoms. The first-order chi connectivity index (χ1) is 20.7. The van der Waals surface area contributed by atoms with Gasteiger partial charge in [-0.2, -0.15) is 5.10 Å². The monoisotopic (exact) mass is 573 g/mol. The van der Waals surface area contributed by atoms with E-state index in [2.05, 4.69) is 81.2 Å². The smallest absolute Gasteiger partial charge is 0.165 e. The molecule has 2 aromatic carbocycles. The molecule has 43 heavy (non-hydrogen) atoms. The third-order valence-electron chi connectivity index (χ3n) is 8.09. The molecule has 1 fully saturated rings. The number of aromatic nitrogens is 5. The number of aliphatic hydroxyl groups is 1. The van der Waals surface area contributed by atoms with Gasteiger partial charge in [-0.1, -0.05) is 43.0 Å². The van der Waals surface area contributed by atoms with Gasteiger partial charge in [-0.05, 0) is 43.2 Å². The van der Waals surface area contributed by atoms with Crippen molar-refractivity contribution in [1.29, 1.82) is 0 Å². The normalized spacial score (nSPS) is 17.3. The van der Waals surface area contributed by atoms with Crippen LogP contribution in [-0.2, 0) is 11.3 Å². The van der Waals surface area contributed by atoms with Crippen LogP contribution in [0.2, 0.25) is 0 Å². The molecule has 2 aliphatic rings. The van der Waals surface area contributed by atoms with Crippen LogP contribution in [0.15, 0.2) is 86.0 Å². The molecular formula is C34H35N7O2. The van der Waals surface area contributed by atoms with Crippen molar-refractivity contribution in [2.45, 2.75) is 32.0 Å². The Morgan fingerprint density at radius 3 is 2.74 bits per heavy atom. The standard InChI is InChI=1S/C34H35N7O2/c1-22-31-26(12-13-35-31)28(19-39(22)4)24-10-11-29-27(16-24)33(41-14-15-43-20-30(41)23-8-6-5-7-9-23)38-32(37-29)25-17-36-40(18-25)21-34(2,3)42/h5-13,16-19,30,35,42H,1,14-15,20-21H2,2-4H3/t30-/m1/s1. The lowest BCUT2D eigenvalue weighted by Gasteiger charge is -2.37. The van der Waals surface area contributed by atoms with Crippen molar-refractivity contribution in [1.82, 2.24) is 29.6 Å². The fourth-order valence-electron chi connectivity index (χ4n) is 5.98. The molecule has 0 bridgehead atoms. The summed E-state index contributed by atoms with van der Waals surface area (Å²) in [4.78, 5) is 18.0. The van der Waals surface area contributed by atoms with Gasteiger partial charge in [-0.3, -0.25) is 4.68 Å². The van der Waals surface area contributed by atoms with Gasteiger partial charge in [-0.25, -0.2) is 9.97 Å². The number of morpholine rings is 1. The topological polar surface area (TPSA) is 95.3 Å². The molecule has 5 aromatic rings. The first-order valence-electron chi connectivity index (χ1n) is 14.5. The van der Waals surface area contributed by atoms with Gasteiger partial charge in [0.1, 0.15) is 5.82 Å². The van der Waals surface area contributed by atoms with Gasteiger partial charge in [0, 0.05) is 48.7 Å². The molecule has 9 nitrogen and oxygen atoms in total. The van der Waals surface area contributed by atoms with E-state index in [1.54, 1.807) is 24.7 Å². The van der Waals surface area contributed by atoms with Crippen LogP contribution >= 0.6 is 0 Å². The maximum atomic E-state index is 10.3. The average Bonchev–Trinajstić information content (AvgIpc) is 3.68. The zero-order chi connectivity index (χ0) is 29.7. The molecule has 1 atom stereocenters. The lowest BCUT2D eigenvalue weighted by molar-refractivity contribution is 0.0577. The molecule has 0 unspecified atom stereocenters. The van der Waals surface area contributed by atoms with E-state index >= 15 is 0 Å². The van der Waals surface area contributed by atoms with Crippen LogP contribution in [0.3, 0.4) is 0 Å². The Balaban J connectivity index is 1.39. The first-order valence-corrected chi connectivity index (χ1v) is 14.5. The molecule has 2 N–H and O–H groups in total. The zero-order valence-electron chi connectivity index (χ0n) is 24.7. The Bertz CT molecular complexity index is 1850. The quantitative estimate of drug-likeness (QED) is 0.278. The number of nitrogens with zero attached hydrogens (tertiary/aromatic N) is 6. The highest BCUT2D eigenvalue weighted by Gasteiger charge is 2.29. The highest BCUT2D eigenvalue weighted by molar-refractivity contribution is 5.97. The number of ether oxygens (including phenoxy) is 1. The number of nitrogens with one attached hydrogen (secondary N) is 1. The van der Waals surface area contributed by atoms with Crippen LogP contribution in [0.5, 0.6) is 0 Å². The molecule has 2 aliphatic heterocycles. The van der Waals surface area contributed by atoms with Crippen molar-refractivity contribution >= 4 is 28.0 Å². The molecule has 5 heterocycles. The molecule has 218 valence electrons. The molecule has 0 aliphatic carbocycles. The number of hydrogen-bond acceptors (Lipinski definition) is 7. The molecule has 0 radical (unpaired) electrons. The minimum Gasteiger partial charge on any atom is -0.389 e. The van der Waals surface area contributed by atoms with E-state index in [0.29, 0.717) is 32.1 Å². The maximum Gasteiger partial charge on any atom is 0.165 e. The van der Waals surface area contributed by atoms with Crippen LogP contribution in [0.4, 0.5) is 5.82 Å². The second kappa shape index (κ2) is 10.5. The summed E-state index contributed by atoms with van der Waals surface area (Å²) >= 11 is 0. The van der Waals surface area contributed by atoms with Gasteiger partial charge in [0.15, 0.2) is 5.82 Å². The Morgan fingerprint density at radius 2 is 1.93 bits per heavy atom. The fourth-order valence-corrected chi connectivity index (χ4v) is 5.98. The summed E-state index contributed by atoms with van der Waals surface area (Å²) in [7, 11) is 2.02. The largest absolute Gasteiger partial charge is 0.389 e. The van der Waals surface area contributed by atoms with Crippen LogP contribution in [0, 0.1) is 0 Å². The molecule has 1 saturated heterocycles. The molecule has 0 amide bonds. The van der Waals surface area contributed by atoms with E-state index in [4.69, 9.17) is 14.7 Å². The average molecular weight is 574 g/mol. The predicted octanol–water partition coefficient (Wildman–Crippen LogP) is 5.48. The Labute approximate surface area is 250 Å². The summed E-state index contributed by atoms with van der Waals surface area (Å²) in [5.74, 6) is 1.45. The van der Waals surface area contributed by atoms with E-state index in [1.165, 1.54) is 5.56 Å². The summed E-state index contributed by atoms with van der Waals surface area (Å²) < 4.78 is 7.73. The van der Waals surface area contributed by atoms with Crippen molar-refractivity contribution in [2.75, 3.05) is 31.7 Å². The van der Waals surface area contributed by atoms with Gasteiger partial charge in [-0.15, -0.1) is 0 Å². The number of benzene rings is 2. The van der Waals surface area contributed by atoms with E-state index in [-0.39, 0.29) is 6.04 Å². The van der Waals surface area contributed by atoms with Crippen LogP contribution < -0.4 is 4.90 Å². The summed E-state index contributed by atoms with van der Waals surface area (Å²) in [6.07, 6.45) is 7.75. The second-order valence-electron chi connectivity index (χ2n) is 11.9. The van der Waals surface area contributed by atoms with E-state index in [0.717, 1.165) is 50.4 Å². The highest BCUT2D eigenvalue weighted by Crippen LogP contribution is 2.39. The third kappa shape index (κ3) is 5.11. The lowest BCUT2D eigenvalue weighted by Crippen LogP contribution is -2.40. The SMILES string of the molecule is C=C1c2[nH]ccc2C(c2ccc3nc(-c4cnn(CC(C)(C)O)c4)nc(N4CCOC[C@@H]4c4ccccc4)c3c2)=CN1C. The first kappa shape index (κ1) is 27.1. The summed E-state index contributed by atoms with van der Waals surface area (Å²) in [5, 5.41) is 15.8. The van der Waals surface area contributed by atoms with Crippen LogP contribution in [0.1, 0.15) is 42.3 Å². The van der Waals surface area contributed by atoms with Gasteiger partial charge >= 0.3 is 0 Å². The maximum absolute atomic E-state index is 10.3. The molecular weight excluding hydrogens is 538 g/mol. The summed E-state index contributed by atoms with van der Waals surface area (Å²) in [6.45, 7) is 10.0. The zero-order valence-corrected chi connectivity index (χ0v) is 24.7.